The van der Waals surface area contributed by atoms with Crippen molar-refractivity contribution in [2.75, 3.05) is 0 Å². The molecule has 2 fully saturated rings. The number of allylic oxidation sites excluding steroid dienone is 3. The first-order valence-corrected chi connectivity index (χ1v) is 15.9. The summed E-state index contributed by atoms with van der Waals surface area (Å²) in [5.74, 6) is 0.769. The molecule has 1 unspecified atom stereocenters. The fourth-order valence-electron chi connectivity index (χ4n) is 5.00. The molecule has 0 spiro atoms. The first-order chi connectivity index (χ1) is 18.6. The monoisotopic (exact) mass is 572 g/mol. The summed E-state index contributed by atoms with van der Waals surface area (Å²) in [4.78, 5) is 22.4. The van der Waals surface area contributed by atoms with Crippen LogP contribution in [0.2, 0.25) is 0 Å². The Morgan fingerprint density at radius 2 is 1.95 bits per heavy atom. The predicted octanol–water partition coefficient (Wildman–Crippen LogP) is 4.74. The summed E-state index contributed by atoms with van der Waals surface area (Å²) in [5, 5.41) is 8.04. The van der Waals surface area contributed by atoms with Gasteiger partial charge >= 0.3 is 6.09 Å². The number of ether oxygens (including phenoxy) is 1. The molecule has 2 heterocycles. The highest BCUT2D eigenvalue weighted by molar-refractivity contribution is 7.90. The maximum Gasteiger partial charge on any atom is 0.407 e. The minimum absolute atomic E-state index is 0.112. The predicted molar refractivity (Wildman–Crippen MR) is 152 cm³/mol. The zero-order valence-corrected chi connectivity index (χ0v) is 24.4. The van der Waals surface area contributed by atoms with Crippen molar-refractivity contribution in [3.05, 3.63) is 51.8 Å². The van der Waals surface area contributed by atoms with E-state index in [9.17, 15) is 13.2 Å². The Bertz CT molecular complexity index is 1410. The molecule has 10 nitrogen and oxygen atoms in total. The molecule has 3 aliphatic carbocycles. The van der Waals surface area contributed by atoms with Gasteiger partial charge in [0.25, 0.3) is 0 Å². The lowest BCUT2D eigenvalue weighted by Crippen LogP contribution is -2.38. The van der Waals surface area contributed by atoms with E-state index in [1.807, 2.05) is 58.3 Å². The molecule has 12 heteroatoms. The molecule has 2 N–H and O–H groups in total. The maximum absolute atomic E-state index is 12.9. The number of aromatic nitrogens is 3. The Balaban J connectivity index is 1.31. The number of nitrogens with zero attached hydrogens (tertiary/aromatic N) is 4. The third kappa shape index (κ3) is 6.78. The summed E-state index contributed by atoms with van der Waals surface area (Å²) < 4.78 is 35.6. The number of alkyl carbamates (subject to hydrolysis) is 1. The van der Waals surface area contributed by atoms with Crippen LogP contribution in [0.3, 0.4) is 0 Å². The van der Waals surface area contributed by atoms with Crippen LogP contribution in [0.25, 0.3) is 0 Å². The summed E-state index contributed by atoms with van der Waals surface area (Å²) in [6.45, 7) is 5.59. The van der Waals surface area contributed by atoms with Crippen molar-refractivity contribution < 1.29 is 17.9 Å². The quantitative estimate of drug-likeness (QED) is 0.470. The van der Waals surface area contributed by atoms with Gasteiger partial charge in [-0.05, 0) is 71.4 Å². The third-order valence-electron chi connectivity index (χ3n) is 7.13. The van der Waals surface area contributed by atoms with Crippen LogP contribution >= 0.6 is 11.3 Å². The van der Waals surface area contributed by atoms with Crippen LogP contribution in [-0.2, 0) is 21.8 Å². The minimum atomic E-state index is -3.45. The first-order valence-electron chi connectivity index (χ1n) is 13.5. The van der Waals surface area contributed by atoms with Gasteiger partial charge in [-0.1, -0.05) is 6.08 Å². The van der Waals surface area contributed by atoms with Gasteiger partial charge < -0.3 is 10.1 Å². The molecule has 2 aromatic heterocycles. The smallest absolute Gasteiger partial charge is 0.407 e. The summed E-state index contributed by atoms with van der Waals surface area (Å²) in [6, 6.07) is 2.00. The second-order valence-electron chi connectivity index (χ2n) is 10.8. The fourth-order valence-corrected chi connectivity index (χ4v) is 7.62. The molecule has 5 rings (SSSR count). The molecule has 0 bridgehead atoms. The number of carbonyl (C=O) groups excluding carboxylic acids is 1. The number of nitrogens with one attached hydrogen (secondary N) is 2. The van der Waals surface area contributed by atoms with E-state index in [0.29, 0.717) is 36.0 Å². The minimum Gasteiger partial charge on any atom is -0.447 e. The lowest BCUT2D eigenvalue weighted by molar-refractivity contribution is 0.109. The standard InChI is InChI=1S/C27H36N6O4S2/c1-16(2)37-27(34)30-19-7-5-18(6-8-19)26-28-15-24(38-26)22-12-9-20(29-25-13-17(3)31-33(25)4)14-23(22)32-39(35,36)21-10-11-21/h9,12-16,18-19,21-22,32H,5-8,10-11H2,1-4H3,(H,30,34)/b29-20-. The largest absolute Gasteiger partial charge is 0.447 e. The molecule has 3 aliphatic rings. The Hall–Kier alpha value is -2.99. The number of amides is 1. The molecule has 2 saturated carbocycles. The van der Waals surface area contributed by atoms with E-state index in [1.54, 1.807) is 16.0 Å². The van der Waals surface area contributed by atoms with Crippen molar-refractivity contribution in [1.29, 1.82) is 0 Å². The Labute approximate surface area is 233 Å². The van der Waals surface area contributed by atoms with E-state index in [4.69, 9.17) is 14.7 Å². The van der Waals surface area contributed by atoms with Crippen LogP contribution in [0.1, 0.15) is 79.8 Å². The number of hydrogen-bond acceptors (Lipinski definition) is 8. The van der Waals surface area contributed by atoms with E-state index in [-0.39, 0.29) is 29.4 Å². The lowest BCUT2D eigenvalue weighted by Gasteiger charge is -2.28. The van der Waals surface area contributed by atoms with Gasteiger partial charge in [-0.3, -0.25) is 9.40 Å². The average Bonchev–Trinajstić information content (AvgIpc) is 3.54. The number of rotatable bonds is 8. The van der Waals surface area contributed by atoms with Gasteiger partial charge in [0.2, 0.25) is 10.0 Å². The molecule has 0 saturated heterocycles. The van der Waals surface area contributed by atoms with Crippen molar-refractivity contribution >= 4 is 39.0 Å². The van der Waals surface area contributed by atoms with Crippen LogP contribution in [0.4, 0.5) is 10.6 Å². The number of thiazole rings is 1. The van der Waals surface area contributed by atoms with Gasteiger partial charge in [-0.2, -0.15) is 5.10 Å². The molecule has 0 radical (unpaired) electrons. The van der Waals surface area contributed by atoms with Gasteiger partial charge in [0.05, 0.1) is 33.7 Å². The van der Waals surface area contributed by atoms with Crippen LogP contribution in [-0.4, -0.2) is 52.4 Å². The molecule has 39 heavy (non-hydrogen) atoms. The van der Waals surface area contributed by atoms with E-state index < -0.39 is 10.0 Å². The molecule has 2 aromatic rings. The SMILES string of the molecule is Cc1cc(/N=C2/C=CC(c3cnc(C4CCC(NC(=O)OC(C)C)CC4)s3)C(NS(=O)(=O)C3CC3)=C2)n(C)n1. The van der Waals surface area contributed by atoms with E-state index in [0.717, 1.165) is 41.3 Å². The second kappa shape index (κ2) is 11.2. The van der Waals surface area contributed by atoms with E-state index in [2.05, 4.69) is 15.1 Å². The van der Waals surface area contributed by atoms with Gasteiger partial charge in [0.15, 0.2) is 5.82 Å². The highest BCUT2D eigenvalue weighted by Gasteiger charge is 2.37. The van der Waals surface area contributed by atoms with Crippen molar-refractivity contribution in [3.8, 4) is 0 Å². The van der Waals surface area contributed by atoms with Crippen molar-refractivity contribution in [2.24, 2.45) is 12.0 Å². The Morgan fingerprint density at radius 3 is 2.59 bits per heavy atom. The third-order valence-corrected chi connectivity index (χ3v) is 10.2. The van der Waals surface area contributed by atoms with Crippen molar-refractivity contribution in [3.63, 3.8) is 0 Å². The summed E-state index contributed by atoms with van der Waals surface area (Å²) in [5.41, 5.74) is 2.12. The lowest BCUT2D eigenvalue weighted by atomic mass is 9.86. The van der Waals surface area contributed by atoms with Crippen LogP contribution < -0.4 is 10.0 Å². The molecule has 0 aliphatic heterocycles. The topological polar surface area (TPSA) is 128 Å². The van der Waals surface area contributed by atoms with Gasteiger partial charge in [-0.15, -0.1) is 11.3 Å². The normalized spacial score (nSPS) is 24.6. The number of sulfonamides is 1. The Kier molecular flexibility index (Phi) is 7.95. The van der Waals surface area contributed by atoms with E-state index >= 15 is 0 Å². The van der Waals surface area contributed by atoms with Gasteiger partial charge in [0, 0.05) is 41.8 Å². The molecule has 1 amide bonds. The van der Waals surface area contributed by atoms with Crippen molar-refractivity contribution in [1.82, 2.24) is 24.8 Å². The van der Waals surface area contributed by atoms with Gasteiger partial charge in [0.1, 0.15) is 0 Å². The molecule has 210 valence electrons. The molecular formula is C27H36N6O4S2. The summed E-state index contributed by atoms with van der Waals surface area (Å²) in [7, 11) is -1.62. The average molecular weight is 573 g/mol. The zero-order chi connectivity index (χ0) is 27.7. The molecule has 0 aromatic carbocycles. The molecular weight excluding hydrogens is 536 g/mol. The number of aryl methyl sites for hydroxylation is 2. The van der Waals surface area contributed by atoms with Crippen LogP contribution in [0, 0.1) is 6.92 Å². The number of aliphatic imine (C=N–C) groups is 1. The van der Waals surface area contributed by atoms with Crippen LogP contribution in [0.15, 0.2) is 41.2 Å². The molecule has 1 atom stereocenters. The zero-order valence-electron chi connectivity index (χ0n) is 22.8. The number of carbonyl (C=O) groups is 1. The van der Waals surface area contributed by atoms with Crippen LogP contribution in [0.5, 0.6) is 0 Å². The van der Waals surface area contributed by atoms with Crippen molar-refractivity contribution in [2.45, 2.75) is 88.5 Å². The summed E-state index contributed by atoms with van der Waals surface area (Å²) >= 11 is 1.63. The Morgan fingerprint density at radius 1 is 1.21 bits per heavy atom. The number of hydrogen-bond donors (Lipinski definition) is 2. The second-order valence-corrected chi connectivity index (χ2v) is 13.9. The fraction of sp³-hybridized carbons (Fsp3) is 0.556. The first kappa shape index (κ1) is 27.6. The van der Waals surface area contributed by atoms with Gasteiger partial charge in [-0.25, -0.2) is 23.2 Å². The highest BCUT2D eigenvalue weighted by Crippen LogP contribution is 2.39. The van der Waals surface area contributed by atoms with E-state index in [1.165, 1.54) is 0 Å². The maximum atomic E-state index is 12.9. The summed E-state index contributed by atoms with van der Waals surface area (Å²) in [6.07, 6.45) is 12.1. The highest BCUT2D eigenvalue weighted by atomic mass is 32.2.